The van der Waals surface area contributed by atoms with Crippen molar-refractivity contribution in [2.75, 3.05) is 5.32 Å². The SMILES string of the molecule is CCc1ccc2[nH]c(=O)c(CN(Cc3ccc(F)cc3)C(=S)Nc3ccc(C)cc3)cc2c1. The highest BCUT2D eigenvalue weighted by atomic mass is 32.1. The summed E-state index contributed by atoms with van der Waals surface area (Å²) in [5, 5.41) is 4.75. The third-order valence-electron chi connectivity index (χ3n) is 5.63. The van der Waals surface area contributed by atoms with E-state index in [1.54, 1.807) is 12.1 Å². The molecule has 0 radical (unpaired) electrons. The zero-order valence-corrected chi connectivity index (χ0v) is 19.5. The molecule has 1 heterocycles. The Balaban J connectivity index is 1.65. The van der Waals surface area contributed by atoms with E-state index in [-0.39, 0.29) is 11.4 Å². The van der Waals surface area contributed by atoms with Crippen LogP contribution in [-0.4, -0.2) is 15.0 Å². The van der Waals surface area contributed by atoms with Gasteiger partial charge in [0.1, 0.15) is 5.82 Å². The number of rotatable bonds is 6. The minimum atomic E-state index is -0.289. The van der Waals surface area contributed by atoms with Crippen LogP contribution < -0.4 is 10.9 Å². The molecule has 4 nitrogen and oxygen atoms in total. The van der Waals surface area contributed by atoms with Crippen LogP contribution in [0.2, 0.25) is 0 Å². The Labute approximate surface area is 198 Å². The van der Waals surface area contributed by atoms with E-state index >= 15 is 0 Å². The number of thiocarbonyl (C=S) groups is 1. The van der Waals surface area contributed by atoms with Gasteiger partial charge in [-0.15, -0.1) is 0 Å². The second-order valence-corrected chi connectivity index (χ2v) is 8.56. The van der Waals surface area contributed by atoms with E-state index in [4.69, 9.17) is 12.2 Å². The molecule has 2 N–H and O–H groups in total. The summed E-state index contributed by atoms with van der Waals surface area (Å²) in [7, 11) is 0. The molecule has 1 aromatic heterocycles. The van der Waals surface area contributed by atoms with Gasteiger partial charge in [-0.2, -0.15) is 0 Å². The van der Waals surface area contributed by atoms with Crippen molar-refractivity contribution in [3.05, 3.63) is 111 Å². The number of nitrogens with zero attached hydrogens (tertiary/aromatic N) is 1. The summed E-state index contributed by atoms with van der Waals surface area (Å²) in [5.41, 5.74) is 5.42. The highest BCUT2D eigenvalue weighted by molar-refractivity contribution is 7.80. The fourth-order valence-corrected chi connectivity index (χ4v) is 3.94. The van der Waals surface area contributed by atoms with Gasteiger partial charge in [0.25, 0.3) is 5.56 Å². The van der Waals surface area contributed by atoms with Gasteiger partial charge in [-0.1, -0.05) is 42.8 Å². The molecule has 0 bridgehead atoms. The topological polar surface area (TPSA) is 48.1 Å². The van der Waals surface area contributed by atoms with Crippen LogP contribution in [0.3, 0.4) is 0 Å². The summed E-state index contributed by atoms with van der Waals surface area (Å²) in [6.45, 7) is 4.88. The molecule has 0 amide bonds. The average Bonchev–Trinajstić information content (AvgIpc) is 2.81. The molecule has 0 fully saturated rings. The summed E-state index contributed by atoms with van der Waals surface area (Å²) in [4.78, 5) is 17.7. The number of fused-ring (bicyclic) bond motifs is 1. The maximum Gasteiger partial charge on any atom is 0.253 e. The van der Waals surface area contributed by atoms with E-state index in [1.165, 1.54) is 17.7 Å². The standard InChI is InChI=1S/C27H26FN3OS/c1-3-19-8-13-25-21(14-19)15-22(26(32)30-25)17-31(16-20-6-9-23(28)10-7-20)27(33)29-24-11-4-18(2)5-12-24/h4-15H,3,16-17H2,1-2H3,(H,29,33)(H,30,32). The highest BCUT2D eigenvalue weighted by Crippen LogP contribution is 2.18. The van der Waals surface area contributed by atoms with Crippen molar-refractivity contribution in [3.63, 3.8) is 0 Å². The van der Waals surface area contributed by atoms with E-state index in [0.717, 1.165) is 34.1 Å². The van der Waals surface area contributed by atoms with Crippen molar-refractivity contribution in [2.45, 2.75) is 33.4 Å². The number of benzene rings is 3. The van der Waals surface area contributed by atoms with Gasteiger partial charge in [-0.05, 0) is 84.5 Å². The lowest BCUT2D eigenvalue weighted by molar-refractivity contribution is 0.411. The first-order chi connectivity index (χ1) is 15.9. The van der Waals surface area contributed by atoms with E-state index < -0.39 is 0 Å². The molecule has 0 aliphatic carbocycles. The molecule has 0 saturated carbocycles. The molecule has 4 rings (SSSR count). The first kappa shape index (κ1) is 22.7. The maximum absolute atomic E-state index is 13.4. The normalized spacial score (nSPS) is 10.9. The van der Waals surface area contributed by atoms with Crippen LogP contribution in [-0.2, 0) is 19.5 Å². The number of hydrogen-bond donors (Lipinski definition) is 2. The van der Waals surface area contributed by atoms with Gasteiger partial charge in [0, 0.05) is 23.3 Å². The lowest BCUT2D eigenvalue weighted by Gasteiger charge is -2.26. The zero-order valence-electron chi connectivity index (χ0n) is 18.7. The third-order valence-corrected chi connectivity index (χ3v) is 5.99. The Morgan fingerprint density at radius 1 is 0.970 bits per heavy atom. The van der Waals surface area contributed by atoms with Crippen LogP contribution in [0.25, 0.3) is 10.9 Å². The zero-order chi connectivity index (χ0) is 23.4. The molecule has 0 atom stereocenters. The van der Waals surface area contributed by atoms with E-state index in [2.05, 4.69) is 23.3 Å². The molecular formula is C27H26FN3OS. The summed E-state index contributed by atoms with van der Waals surface area (Å²) in [5.74, 6) is -0.289. The summed E-state index contributed by atoms with van der Waals surface area (Å²) >= 11 is 5.72. The average molecular weight is 460 g/mol. The van der Waals surface area contributed by atoms with E-state index in [0.29, 0.717) is 23.8 Å². The van der Waals surface area contributed by atoms with Crippen LogP contribution in [0.5, 0.6) is 0 Å². The highest BCUT2D eigenvalue weighted by Gasteiger charge is 2.15. The molecule has 6 heteroatoms. The van der Waals surface area contributed by atoms with Gasteiger partial charge >= 0.3 is 0 Å². The van der Waals surface area contributed by atoms with Crippen molar-refractivity contribution >= 4 is 33.9 Å². The smallest absolute Gasteiger partial charge is 0.253 e. The molecule has 4 aromatic rings. The van der Waals surface area contributed by atoms with Gasteiger partial charge in [0.15, 0.2) is 5.11 Å². The summed E-state index contributed by atoms with van der Waals surface area (Å²) in [6, 6.07) is 22.3. The van der Waals surface area contributed by atoms with Crippen molar-refractivity contribution in [1.82, 2.24) is 9.88 Å². The predicted octanol–water partition coefficient (Wildman–Crippen LogP) is 5.94. The lowest BCUT2D eigenvalue weighted by Crippen LogP contribution is -2.35. The Bertz CT molecular complexity index is 1330. The van der Waals surface area contributed by atoms with Gasteiger partial charge in [-0.25, -0.2) is 4.39 Å². The Hall–Kier alpha value is -3.51. The maximum atomic E-state index is 13.4. The predicted molar refractivity (Wildman–Crippen MR) is 137 cm³/mol. The van der Waals surface area contributed by atoms with Crippen molar-refractivity contribution < 1.29 is 4.39 Å². The number of pyridine rings is 1. The first-order valence-electron chi connectivity index (χ1n) is 10.9. The van der Waals surface area contributed by atoms with Crippen LogP contribution >= 0.6 is 12.2 Å². The van der Waals surface area contributed by atoms with Gasteiger partial charge < -0.3 is 15.2 Å². The fraction of sp³-hybridized carbons (Fsp3) is 0.185. The quantitative estimate of drug-likeness (QED) is 0.351. The number of H-pyrrole nitrogens is 1. The van der Waals surface area contributed by atoms with Crippen LogP contribution in [0.4, 0.5) is 10.1 Å². The van der Waals surface area contributed by atoms with Gasteiger partial charge in [0.05, 0.1) is 6.54 Å². The Morgan fingerprint density at radius 3 is 2.36 bits per heavy atom. The second kappa shape index (κ2) is 9.96. The third kappa shape index (κ3) is 5.65. The molecular weight excluding hydrogens is 433 g/mol. The number of anilines is 1. The van der Waals surface area contributed by atoms with Crippen LogP contribution in [0.15, 0.2) is 77.6 Å². The van der Waals surface area contributed by atoms with E-state index in [9.17, 15) is 9.18 Å². The number of aromatic nitrogens is 1. The monoisotopic (exact) mass is 459 g/mol. The molecule has 0 aliphatic heterocycles. The molecule has 0 unspecified atom stereocenters. The second-order valence-electron chi connectivity index (χ2n) is 8.18. The summed E-state index contributed by atoms with van der Waals surface area (Å²) < 4.78 is 13.4. The molecule has 0 saturated heterocycles. The molecule has 0 aliphatic rings. The minimum absolute atomic E-state index is 0.144. The van der Waals surface area contributed by atoms with Crippen molar-refractivity contribution in [1.29, 1.82) is 0 Å². The lowest BCUT2D eigenvalue weighted by atomic mass is 10.1. The number of aryl methyl sites for hydroxylation is 2. The number of halogens is 1. The van der Waals surface area contributed by atoms with Gasteiger partial charge in [0.2, 0.25) is 0 Å². The van der Waals surface area contributed by atoms with Crippen molar-refractivity contribution in [3.8, 4) is 0 Å². The number of aromatic amines is 1. The largest absolute Gasteiger partial charge is 0.340 e. The fourth-order valence-electron chi connectivity index (χ4n) is 3.69. The van der Waals surface area contributed by atoms with E-state index in [1.807, 2.05) is 54.3 Å². The van der Waals surface area contributed by atoms with Crippen LogP contribution in [0, 0.1) is 12.7 Å². The molecule has 0 spiro atoms. The molecule has 33 heavy (non-hydrogen) atoms. The number of hydrogen-bond acceptors (Lipinski definition) is 2. The number of nitrogens with one attached hydrogen (secondary N) is 2. The van der Waals surface area contributed by atoms with Crippen LogP contribution in [0.1, 0.15) is 29.2 Å². The van der Waals surface area contributed by atoms with Gasteiger partial charge in [-0.3, -0.25) is 4.79 Å². The Kier molecular flexibility index (Phi) is 6.84. The Morgan fingerprint density at radius 2 is 1.67 bits per heavy atom. The molecule has 168 valence electrons. The molecule has 3 aromatic carbocycles. The van der Waals surface area contributed by atoms with Crippen molar-refractivity contribution in [2.24, 2.45) is 0 Å². The minimum Gasteiger partial charge on any atom is -0.340 e. The summed E-state index contributed by atoms with van der Waals surface area (Å²) in [6.07, 6.45) is 0.922. The first-order valence-corrected chi connectivity index (χ1v) is 11.3.